The Morgan fingerprint density at radius 3 is 2.39 bits per heavy atom. The number of rotatable bonds is 6. The molecule has 0 aliphatic carbocycles. The predicted octanol–water partition coefficient (Wildman–Crippen LogP) is 5.49. The fourth-order valence-electron chi connectivity index (χ4n) is 3.54. The monoisotopic (exact) mass is 449 g/mol. The summed E-state index contributed by atoms with van der Waals surface area (Å²) in [6, 6.07) is 12.4. The highest BCUT2D eigenvalue weighted by molar-refractivity contribution is 6.10. The van der Waals surface area contributed by atoms with Crippen molar-refractivity contribution in [1.29, 1.82) is 0 Å². The van der Waals surface area contributed by atoms with Gasteiger partial charge in [-0.15, -0.1) is 0 Å². The van der Waals surface area contributed by atoms with Crippen molar-refractivity contribution in [3.63, 3.8) is 0 Å². The highest BCUT2D eigenvalue weighted by atomic mass is 19.1. The van der Waals surface area contributed by atoms with Crippen LogP contribution >= 0.6 is 0 Å². The lowest BCUT2D eigenvalue weighted by atomic mass is 10.0. The summed E-state index contributed by atoms with van der Waals surface area (Å²) >= 11 is 0. The minimum atomic E-state index is -0.434. The molecule has 0 radical (unpaired) electrons. The molecule has 1 heterocycles. The first-order valence-electron chi connectivity index (χ1n) is 11.2. The maximum atomic E-state index is 14.0. The number of aromatic nitrogens is 2. The van der Waals surface area contributed by atoms with Crippen molar-refractivity contribution in [3.8, 4) is 0 Å². The van der Waals surface area contributed by atoms with E-state index in [0.29, 0.717) is 24.0 Å². The number of guanidine groups is 1. The third-order valence-corrected chi connectivity index (χ3v) is 5.73. The summed E-state index contributed by atoms with van der Waals surface area (Å²) in [6.45, 7) is 13.1. The van der Waals surface area contributed by atoms with E-state index >= 15 is 0 Å². The number of aryl methyl sites for hydroxylation is 3. The molecule has 1 amide bonds. The molecule has 2 N–H and O–H groups in total. The first kappa shape index (κ1) is 24.2. The minimum Gasteiger partial charge on any atom is -0.326 e. The van der Waals surface area contributed by atoms with Gasteiger partial charge >= 0.3 is 0 Å². The van der Waals surface area contributed by atoms with E-state index in [2.05, 4.69) is 34.6 Å². The molecule has 0 unspecified atom stereocenters. The molecule has 1 aromatic heterocycles. The van der Waals surface area contributed by atoms with Gasteiger partial charge in [-0.2, -0.15) is 5.10 Å². The van der Waals surface area contributed by atoms with E-state index in [0.717, 1.165) is 29.2 Å². The second-order valence-electron chi connectivity index (χ2n) is 8.45. The number of hydrogen-bond donors (Lipinski definition) is 2. The topological polar surface area (TPSA) is 71.3 Å². The van der Waals surface area contributed by atoms with Crippen LogP contribution in [0.5, 0.6) is 0 Å². The van der Waals surface area contributed by atoms with E-state index in [1.807, 2.05) is 49.7 Å². The Balaban J connectivity index is 1.87. The first-order chi connectivity index (χ1) is 15.7. The van der Waals surface area contributed by atoms with Crippen molar-refractivity contribution < 1.29 is 9.18 Å². The zero-order valence-corrected chi connectivity index (χ0v) is 20.2. The summed E-state index contributed by atoms with van der Waals surface area (Å²) in [7, 11) is 0. The number of nitrogens with zero attached hydrogens (tertiary/aromatic N) is 3. The predicted molar refractivity (Wildman–Crippen MR) is 131 cm³/mol. The maximum Gasteiger partial charge on any atom is 0.258 e. The lowest BCUT2D eigenvalue weighted by Crippen LogP contribution is -2.36. The van der Waals surface area contributed by atoms with E-state index in [1.54, 1.807) is 19.1 Å². The van der Waals surface area contributed by atoms with Crippen molar-refractivity contribution in [2.75, 3.05) is 5.32 Å². The average molecular weight is 450 g/mol. The third kappa shape index (κ3) is 5.86. The smallest absolute Gasteiger partial charge is 0.258 e. The SMILES string of the molecule is CCn1nc(C)c(CN=C(NC(=O)c2ccc(C)c(F)c2)Nc2ccc(C(C)C)cc2)c1C. The summed E-state index contributed by atoms with van der Waals surface area (Å²) < 4.78 is 15.9. The van der Waals surface area contributed by atoms with Crippen LogP contribution in [0.15, 0.2) is 47.5 Å². The number of aliphatic imine (C=N–C) groups is 1. The molecule has 33 heavy (non-hydrogen) atoms. The molecule has 2 aromatic carbocycles. The van der Waals surface area contributed by atoms with Gasteiger partial charge in [-0.25, -0.2) is 9.38 Å². The van der Waals surface area contributed by atoms with Crippen LogP contribution in [0.25, 0.3) is 0 Å². The molecule has 3 aromatic rings. The van der Waals surface area contributed by atoms with E-state index in [9.17, 15) is 9.18 Å². The Bertz CT molecular complexity index is 1160. The van der Waals surface area contributed by atoms with Crippen molar-refractivity contribution in [2.45, 2.75) is 60.5 Å². The van der Waals surface area contributed by atoms with Crippen LogP contribution in [0.1, 0.15) is 65.1 Å². The molecule has 0 saturated carbocycles. The lowest BCUT2D eigenvalue weighted by Gasteiger charge is -2.13. The van der Waals surface area contributed by atoms with Gasteiger partial charge in [0.25, 0.3) is 5.91 Å². The number of carbonyl (C=O) groups is 1. The Morgan fingerprint density at radius 1 is 1.12 bits per heavy atom. The molecular formula is C26H32FN5O. The van der Waals surface area contributed by atoms with E-state index in [-0.39, 0.29) is 5.56 Å². The number of halogens is 1. The van der Waals surface area contributed by atoms with Crippen LogP contribution in [0.4, 0.5) is 10.1 Å². The Labute approximate surface area is 194 Å². The molecule has 6 nitrogen and oxygen atoms in total. The number of anilines is 1. The van der Waals surface area contributed by atoms with Gasteiger partial charge in [-0.3, -0.25) is 14.8 Å². The van der Waals surface area contributed by atoms with Crippen LogP contribution < -0.4 is 10.6 Å². The van der Waals surface area contributed by atoms with Crippen molar-refractivity contribution in [3.05, 3.63) is 81.9 Å². The number of benzene rings is 2. The second-order valence-corrected chi connectivity index (χ2v) is 8.45. The number of nitrogens with one attached hydrogen (secondary N) is 2. The van der Waals surface area contributed by atoms with Crippen molar-refractivity contribution in [1.82, 2.24) is 15.1 Å². The van der Waals surface area contributed by atoms with Gasteiger partial charge in [0.2, 0.25) is 5.96 Å². The van der Waals surface area contributed by atoms with Gasteiger partial charge in [0.1, 0.15) is 5.82 Å². The van der Waals surface area contributed by atoms with Gasteiger partial charge in [0, 0.05) is 29.1 Å². The third-order valence-electron chi connectivity index (χ3n) is 5.73. The number of carbonyl (C=O) groups excluding carboxylic acids is 1. The van der Waals surface area contributed by atoms with Gasteiger partial charge in [-0.05, 0) is 69.0 Å². The Hall–Kier alpha value is -3.48. The Morgan fingerprint density at radius 2 is 1.82 bits per heavy atom. The largest absolute Gasteiger partial charge is 0.326 e. The van der Waals surface area contributed by atoms with Crippen LogP contribution in [0, 0.1) is 26.6 Å². The zero-order valence-electron chi connectivity index (χ0n) is 20.2. The molecule has 0 spiro atoms. The van der Waals surface area contributed by atoms with Crippen molar-refractivity contribution in [2.24, 2.45) is 4.99 Å². The molecule has 0 aliphatic heterocycles. The molecule has 7 heteroatoms. The van der Waals surface area contributed by atoms with Gasteiger partial charge in [0.15, 0.2) is 0 Å². The quantitative estimate of drug-likeness (QED) is 0.386. The molecular weight excluding hydrogens is 417 g/mol. The molecule has 0 fully saturated rings. The highest BCUT2D eigenvalue weighted by Crippen LogP contribution is 2.18. The standard InChI is InChI=1S/C26H32FN5O/c1-7-32-19(6)23(18(5)31-32)15-28-26(29-22-12-10-20(11-13-22)16(2)3)30-25(33)21-9-8-17(4)24(27)14-21/h8-14,16H,7,15H2,1-6H3,(H2,28,29,30,33). The zero-order chi connectivity index (χ0) is 24.1. The normalized spacial score (nSPS) is 11.7. The maximum absolute atomic E-state index is 14.0. The molecule has 0 aliphatic rings. The van der Waals surface area contributed by atoms with E-state index < -0.39 is 11.7 Å². The van der Waals surface area contributed by atoms with Crippen LogP contribution in [-0.4, -0.2) is 21.6 Å². The number of hydrogen-bond acceptors (Lipinski definition) is 3. The summed E-state index contributed by atoms with van der Waals surface area (Å²) in [4.78, 5) is 17.5. The van der Waals surface area contributed by atoms with Gasteiger partial charge in [0.05, 0.1) is 12.2 Å². The van der Waals surface area contributed by atoms with Crippen LogP contribution in [0.3, 0.4) is 0 Å². The van der Waals surface area contributed by atoms with Crippen LogP contribution in [-0.2, 0) is 13.1 Å². The fraction of sp³-hybridized carbons (Fsp3) is 0.346. The molecule has 0 saturated heterocycles. The molecule has 0 atom stereocenters. The summed E-state index contributed by atoms with van der Waals surface area (Å²) in [5, 5.41) is 10.5. The lowest BCUT2D eigenvalue weighted by molar-refractivity contribution is 0.0976. The van der Waals surface area contributed by atoms with Gasteiger partial charge < -0.3 is 5.32 Å². The molecule has 174 valence electrons. The van der Waals surface area contributed by atoms with E-state index in [4.69, 9.17) is 0 Å². The number of amides is 1. The van der Waals surface area contributed by atoms with Crippen molar-refractivity contribution >= 4 is 17.6 Å². The summed E-state index contributed by atoms with van der Waals surface area (Å²) in [6.07, 6.45) is 0. The molecule has 3 rings (SSSR count). The second kappa shape index (κ2) is 10.4. The Kier molecular flexibility index (Phi) is 7.63. The highest BCUT2D eigenvalue weighted by Gasteiger charge is 2.14. The minimum absolute atomic E-state index is 0.230. The fourth-order valence-corrected chi connectivity index (χ4v) is 3.54. The summed E-state index contributed by atoms with van der Waals surface area (Å²) in [5.41, 5.74) is 5.71. The van der Waals surface area contributed by atoms with Gasteiger partial charge in [-0.1, -0.05) is 32.0 Å². The van der Waals surface area contributed by atoms with E-state index in [1.165, 1.54) is 11.6 Å². The van der Waals surface area contributed by atoms with Crippen LogP contribution in [0.2, 0.25) is 0 Å². The summed E-state index contributed by atoms with van der Waals surface area (Å²) in [5.74, 6) is -0.140. The first-order valence-corrected chi connectivity index (χ1v) is 11.2. The molecule has 0 bridgehead atoms. The average Bonchev–Trinajstić information content (AvgIpc) is 3.06.